The van der Waals surface area contributed by atoms with Crippen LogP contribution in [0.3, 0.4) is 0 Å². The van der Waals surface area contributed by atoms with E-state index in [2.05, 4.69) is 74.4 Å². The Balaban J connectivity index is 1.97. The number of nitrogens with zero attached hydrogens (tertiary/aromatic N) is 2. The standard InChI is InChI=1S/C21H31N3O2/c1-14(2)13-18(20-24-23-16(4)26-20)22-19(25)11-12-21(5,6)17-9-7-15(3)8-10-17/h7-10,14,18H,11-13H2,1-6H3,(H,22,25). The van der Waals surface area contributed by atoms with E-state index in [1.54, 1.807) is 6.92 Å². The summed E-state index contributed by atoms with van der Waals surface area (Å²) < 4.78 is 5.54. The van der Waals surface area contributed by atoms with E-state index in [0.717, 1.165) is 12.8 Å². The molecule has 0 aliphatic heterocycles. The van der Waals surface area contributed by atoms with E-state index in [0.29, 0.717) is 24.1 Å². The first-order valence-electron chi connectivity index (χ1n) is 9.34. The minimum absolute atomic E-state index is 0.0201. The Morgan fingerprint density at radius 2 is 1.81 bits per heavy atom. The van der Waals surface area contributed by atoms with Gasteiger partial charge in [-0.15, -0.1) is 10.2 Å². The maximum Gasteiger partial charge on any atom is 0.238 e. The lowest BCUT2D eigenvalue weighted by Gasteiger charge is -2.26. The molecular weight excluding hydrogens is 326 g/mol. The fourth-order valence-electron chi connectivity index (χ4n) is 2.99. The van der Waals surface area contributed by atoms with Crippen LogP contribution in [0.2, 0.25) is 0 Å². The molecule has 1 aromatic heterocycles. The number of hydrogen-bond acceptors (Lipinski definition) is 4. The largest absolute Gasteiger partial charge is 0.423 e. The van der Waals surface area contributed by atoms with Crippen LogP contribution in [0.15, 0.2) is 28.7 Å². The smallest absolute Gasteiger partial charge is 0.238 e. The molecule has 1 aromatic carbocycles. The van der Waals surface area contributed by atoms with Crippen molar-refractivity contribution in [2.45, 2.75) is 72.3 Å². The van der Waals surface area contributed by atoms with Gasteiger partial charge in [0.15, 0.2) is 0 Å². The van der Waals surface area contributed by atoms with Crippen molar-refractivity contribution >= 4 is 5.91 Å². The molecular formula is C21H31N3O2. The van der Waals surface area contributed by atoms with Gasteiger partial charge in [-0.3, -0.25) is 4.79 Å². The first-order chi connectivity index (χ1) is 12.2. The van der Waals surface area contributed by atoms with Crippen molar-refractivity contribution in [3.05, 3.63) is 47.2 Å². The Hall–Kier alpha value is -2.17. The molecule has 1 amide bonds. The van der Waals surface area contributed by atoms with E-state index in [1.807, 2.05) is 0 Å². The van der Waals surface area contributed by atoms with E-state index in [4.69, 9.17) is 4.42 Å². The van der Waals surface area contributed by atoms with Crippen LogP contribution in [-0.4, -0.2) is 16.1 Å². The second-order valence-electron chi connectivity index (χ2n) is 8.16. The Labute approximate surface area is 156 Å². The third-order valence-corrected chi connectivity index (χ3v) is 4.69. The highest BCUT2D eigenvalue weighted by Crippen LogP contribution is 2.29. The summed E-state index contributed by atoms with van der Waals surface area (Å²) >= 11 is 0. The van der Waals surface area contributed by atoms with Gasteiger partial charge in [-0.05, 0) is 36.7 Å². The lowest BCUT2D eigenvalue weighted by atomic mass is 9.80. The van der Waals surface area contributed by atoms with Crippen molar-refractivity contribution in [3.8, 4) is 0 Å². The topological polar surface area (TPSA) is 68.0 Å². The number of carbonyl (C=O) groups is 1. The fourth-order valence-corrected chi connectivity index (χ4v) is 2.99. The summed E-state index contributed by atoms with van der Waals surface area (Å²) in [5, 5.41) is 11.0. The van der Waals surface area contributed by atoms with Crippen molar-refractivity contribution in [3.63, 3.8) is 0 Å². The molecule has 5 nitrogen and oxygen atoms in total. The highest BCUT2D eigenvalue weighted by Gasteiger charge is 2.25. The molecule has 0 bridgehead atoms. The van der Waals surface area contributed by atoms with Crippen LogP contribution >= 0.6 is 0 Å². The first kappa shape index (κ1) is 20.1. The van der Waals surface area contributed by atoms with Crippen LogP contribution in [0.1, 0.15) is 75.9 Å². The molecule has 142 valence electrons. The molecule has 0 aliphatic carbocycles. The lowest BCUT2D eigenvalue weighted by molar-refractivity contribution is -0.122. The predicted molar refractivity (Wildman–Crippen MR) is 103 cm³/mol. The van der Waals surface area contributed by atoms with Crippen LogP contribution in [0.5, 0.6) is 0 Å². The summed E-state index contributed by atoms with van der Waals surface area (Å²) in [6, 6.07) is 8.30. The zero-order chi connectivity index (χ0) is 19.3. The summed E-state index contributed by atoms with van der Waals surface area (Å²) in [7, 11) is 0. The zero-order valence-electron chi connectivity index (χ0n) is 16.8. The normalized spacial score (nSPS) is 13.0. The molecule has 1 atom stereocenters. The number of rotatable bonds is 8. The predicted octanol–water partition coefficient (Wildman–Crippen LogP) is 4.65. The monoisotopic (exact) mass is 357 g/mol. The molecule has 0 radical (unpaired) electrons. The number of aryl methyl sites for hydroxylation is 2. The molecule has 1 unspecified atom stereocenters. The fraction of sp³-hybridized carbons (Fsp3) is 0.571. The van der Waals surface area contributed by atoms with Gasteiger partial charge in [0, 0.05) is 13.3 Å². The van der Waals surface area contributed by atoms with Gasteiger partial charge in [0.2, 0.25) is 17.7 Å². The summed E-state index contributed by atoms with van der Waals surface area (Å²) in [5.41, 5.74) is 2.44. The maximum atomic E-state index is 12.5. The van der Waals surface area contributed by atoms with Gasteiger partial charge in [0.1, 0.15) is 6.04 Å². The molecule has 2 rings (SSSR count). The van der Waals surface area contributed by atoms with Crippen LogP contribution in [0.4, 0.5) is 0 Å². The third kappa shape index (κ3) is 5.68. The van der Waals surface area contributed by atoms with Gasteiger partial charge >= 0.3 is 0 Å². The molecule has 1 N–H and O–H groups in total. The molecule has 0 spiro atoms. The van der Waals surface area contributed by atoms with Gasteiger partial charge in [0.05, 0.1) is 0 Å². The average Bonchev–Trinajstić information content (AvgIpc) is 2.99. The Bertz CT molecular complexity index is 717. The zero-order valence-corrected chi connectivity index (χ0v) is 16.8. The lowest BCUT2D eigenvalue weighted by Crippen LogP contribution is -2.31. The van der Waals surface area contributed by atoms with E-state index in [-0.39, 0.29) is 17.4 Å². The summed E-state index contributed by atoms with van der Waals surface area (Å²) in [5.74, 6) is 1.44. The molecule has 5 heteroatoms. The second-order valence-corrected chi connectivity index (χ2v) is 8.16. The van der Waals surface area contributed by atoms with E-state index in [9.17, 15) is 4.79 Å². The average molecular weight is 357 g/mol. The highest BCUT2D eigenvalue weighted by atomic mass is 16.4. The molecule has 0 fully saturated rings. The van der Waals surface area contributed by atoms with Crippen molar-refractivity contribution in [2.24, 2.45) is 5.92 Å². The van der Waals surface area contributed by atoms with Gasteiger partial charge in [-0.1, -0.05) is 57.5 Å². The van der Waals surface area contributed by atoms with E-state index < -0.39 is 0 Å². The number of benzene rings is 1. The SMILES string of the molecule is Cc1ccc(C(C)(C)CCC(=O)NC(CC(C)C)c2nnc(C)o2)cc1. The number of amides is 1. The number of nitrogens with one attached hydrogen (secondary N) is 1. The second kappa shape index (κ2) is 8.47. The highest BCUT2D eigenvalue weighted by molar-refractivity contribution is 5.76. The number of carbonyl (C=O) groups excluding carboxylic acids is 1. The van der Waals surface area contributed by atoms with Crippen molar-refractivity contribution in [1.29, 1.82) is 0 Å². The third-order valence-electron chi connectivity index (χ3n) is 4.69. The summed E-state index contributed by atoms with van der Waals surface area (Å²) in [4.78, 5) is 12.5. The Morgan fingerprint density at radius 1 is 1.15 bits per heavy atom. The minimum Gasteiger partial charge on any atom is -0.423 e. The summed E-state index contributed by atoms with van der Waals surface area (Å²) in [6.07, 6.45) is 2.01. The van der Waals surface area contributed by atoms with Crippen molar-refractivity contribution < 1.29 is 9.21 Å². The van der Waals surface area contributed by atoms with Crippen LogP contribution in [0, 0.1) is 19.8 Å². The van der Waals surface area contributed by atoms with Crippen molar-refractivity contribution in [2.75, 3.05) is 0 Å². The van der Waals surface area contributed by atoms with Gasteiger partial charge in [-0.2, -0.15) is 0 Å². The Morgan fingerprint density at radius 3 is 2.35 bits per heavy atom. The van der Waals surface area contributed by atoms with Crippen LogP contribution in [-0.2, 0) is 10.2 Å². The maximum absolute atomic E-state index is 12.5. The van der Waals surface area contributed by atoms with Crippen molar-refractivity contribution in [1.82, 2.24) is 15.5 Å². The molecule has 26 heavy (non-hydrogen) atoms. The van der Waals surface area contributed by atoms with E-state index in [1.165, 1.54) is 11.1 Å². The number of aromatic nitrogens is 2. The first-order valence-corrected chi connectivity index (χ1v) is 9.34. The van der Waals surface area contributed by atoms with Crippen LogP contribution in [0.25, 0.3) is 0 Å². The summed E-state index contributed by atoms with van der Waals surface area (Å²) in [6.45, 7) is 12.4. The molecule has 1 heterocycles. The van der Waals surface area contributed by atoms with Gasteiger partial charge in [-0.25, -0.2) is 0 Å². The molecule has 2 aromatic rings. The Kier molecular flexibility index (Phi) is 6.57. The quantitative estimate of drug-likeness (QED) is 0.747. The van der Waals surface area contributed by atoms with Gasteiger partial charge in [0.25, 0.3) is 0 Å². The minimum atomic E-state index is -0.230. The van der Waals surface area contributed by atoms with Crippen LogP contribution < -0.4 is 5.32 Å². The van der Waals surface area contributed by atoms with E-state index >= 15 is 0 Å². The molecule has 0 saturated carbocycles. The number of hydrogen-bond donors (Lipinski definition) is 1. The molecule has 0 saturated heterocycles. The molecule has 0 aliphatic rings. The van der Waals surface area contributed by atoms with Gasteiger partial charge < -0.3 is 9.73 Å².